The van der Waals surface area contributed by atoms with Crippen LogP contribution < -0.4 is 5.32 Å². The minimum atomic E-state index is 0.661. The van der Waals surface area contributed by atoms with Crippen molar-refractivity contribution >= 4 is 35.1 Å². The summed E-state index contributed by atoms with van der Waals surface area (Å²) in [7, 11) is 0. The Bertz CT molecular complexity index is 968. The van der Waals surface area contributed by atoms with Crippen molar-refractivity contribution in [1.82, 2.24) is 0 Å². The maximum absolute atomic E-state index is 9.14. The Hall–Kier alpha value is -3.28. The van der Waals surface area contributed by atoms with Gasteiger partial charge in [0.15, 0.2) is 0 Å². The fraction of sp³-hybridized carbons (Fsp3) is 0. The second-order valence-electron chi connectivity index (χ2n) is 5.65. The molecule has 0 aliphatic heterocycles. The Kier molecular flexibility index (Phi) is 5.88. The average Bonchev–Trinajstić information content (AvgIpc) is 2.69. The third-order valence-electron chi connectivity index (χ3n) is 3.83. The van der Waals surface area contributed by atoms with Crippen LogP contribution in [0.1, 0.15) is 16.7 Å². The molecule has 0 bridgehead atoms. The maximum atomic E-state index is 9.14. The van der Waals surface area contributed by atoms with E-state index < -0.39 is 0 Å². The Morgan fingerprint density at radius 2 is 1.58 bits per heavy atom. The van der Waals surface area contributed by atoms with Gasteiger partial charge < -0.3 is 5.32 Å². The molecule has 3 aromatic rings. The van der Waals surface area contributed by atoms with Crippen LogP contribution in [0.15, 0.2) is 84.9 Å². The summed E-state index contributed by atoms with van der Waals surface area (Å²) in [6.07, 6.45) is 5.56. The average molecular weight is 357 g/mol. The zero-order valence-corrected chi connectivity index (χ0v) is 14.8. The fourth-order valence-corrected chi connectivity index (χ4v) is 2.73. The Morgan fingerprint density at radius 3 is 2.27 bits per heavy atom. The molecule has 126 valence electrons. The first-order chi connectivity index (χ1) is 12.8. The number of rotatable bonds is 5. The van der Waals surface area contributed by atoms with Crippen LogP contribution in [0.25, 0.3) is 17.8 Å². The van der Waals surface area contributed by atoms with E-state index in [1.165, 1.54) is 6.08 Å². The van der Waals surface area contributed by atoms with Crippen LogP contribution in [0.5, 0.6) is 0 Å². The number of allylic oxidation sites excluding steroid dienone is 1. The highest BCUT2D eigenvalue weighted by atomic mass is 35.5. The quantitative estimate of drug-likeness (QED) is 0.419. The summed E-state index contributed by atoms with van der Waals surface area (Å²) in [4.78, 5) is 0. The molecule has 1 N–H and O–H groups in total. The molecule has 0 fully saturated rings. The van der Waals surface area contributed by atoms with Gasteiger partial charge in [0.25, 0.3) is 0 Å². The Morgan fingerprint density at radius 1 is 0.885 bits per heavy atom. The lowest BCUT2D eigenvalue weighted by atomic mass is 10.1. The van der Waals surface area contributed by atoms with Crippen molar-refractivity contribution in [3.8, 4) is 6.07 Å². The van der Waals surface area contributed by atoms with Crippen molar-refractivity contribution in [3.05, 3.63) is 107 Å². The third-order valence-corrected chi connectivity index (χ3v) is 4.07. The molecule has 0 radical (unpaired) electrons. The normalized spacial score (nSPS) is 11.3. The van der Waals surface area contributed by atoms with Crippen LogP contribution in [0, 0.1) is 11.3 Å². The topological polar surface area (TPSA) is 35.8 Å². The van der Waals surface area contributed by atoms with Gasteiger partial charge in [-0.1, -0.05) is 84.4 Å². The number of hydrogen-bond donors (Lipinski definition) is 1. The number of nitrogens with zero attached hydrogens (tertiary/aromatic N) is 1. The van der Waals surface area contributed by atoms with E-state index in [4.69, 9.17) is 16.9 Å². The van der Waals surface area contributed by atoms with Crippen molar-refractivity contribution in [2.45, 2.75) is 0 Å². The van der Waals surface area contributed by atoms with E-state index in [0.29, 0.717) is 5.02 Å². The van der Waals surface area contributed by atoms with Crippen molar-refractivity contribution in [2.24, 2.45) is 0 Å². The van der Waals surface area contributed by atoms with E-state index in [-0.39, 0.29) is 0 Å². The first-order valence-corrected chi connectivity index (χ1v) is 8.59. The van der Waals surface area contributed by atoms with E-state index in [2.05, 4.69) is 11.4 Å². The summed E-state index contributed by atoms with van der Waals surface area (Å²) in [5.41, 5.74) is 4.62. The van der Waals surface area contributed by atoms with Gasteiger partial charge in [0.05, 0.1) is 11.8 Å². The molecule has 0 atom stereocenters. The highest BCUT2D eigenvalue weighted by Crippen LogP contribution is 2.26. The number of hydrogen-bond acceptors (Lipinski definition) is 2. The molecule has 0 spiro atoms. The first-order valence-electron chi connectivity index (χ1n) is 8.21. The minimum Gasteiger partial charge on any atom is -0.354 e. The summed E-state index contributed by atoms with van der Waals surface area (Å²) in [5.74, 6) is 0. The number of nitriles is 1. The van der Waals surface area contributed by atoms with E-state index >= 15 is 0 Å². The van der Waals surface area contributed by atoms with Gasteiger partial charge in [0.1, 0.15) is 0 Å². The molecule has 2 nitrogen and oxygen atoms in total. The van der Waals surface area contributed by atoms with E-state index in [1.54, 1.807) is 0 Å². The summed E-state index contributed by atoms with van der Waals surface area (Å²) < 4.78 is 0. The van der Waals surface area contributed by atoms with Gasteiger partial charge in [-0.15, -0.1) is 0 Å². The van der Waals surface area contributed by atoms with Crippen molar-refractivity contribution in [3.63, 3.8) is 0 Å². The highest BCUT2D eigenvalue weighted by molar-refractivity contribution is 6.30. The van der Waals surface area contributed by atoms with E-state index in [9.17, 15) is 0 Å². The van der Waals surface area contributed by atoms with Gasteiger partial charge >= 0.3 is 0 Å². The highest BCUT2D eigenvalue weighted by Gasteiger charge is 2.06. The summed E-state index contributed by atoms with van der Waals surface area (Å²) in [6, 6.07) is 27.6. The number of anilines is 1. The number of benzene rings is 3. The second kappa shape index (κ2) is 8.71. The molecular weight excluding hydrogens is 340 g/mol. The molecule has 0 unspecified atom stereocenters. The molecule has 0 saturated carbocycles. The van der Waals surface area contributed by atoms with Gasteiger partial charge in [-0.2, -0.15) is 5.26 Å². The molecule has 3 aromatic carbocycles. The van der Waals surface area contributed by atoms with Crippen LogP contribution in [0.3, 0.4) is 0 Å². The van der Waals surface area contributed by atoms with Crippen molar-refractivity contribution in [2.75, 3.05) is 5.32 Å². The minimum absolute atomic E-state index is 0.661. The molecule has 26 heavy (non-hydrogen) atoms. The smallest absolute Gasteiger partial charge is 0.0934 e. The Balaban J connectivity index is 1.94. The van der Waals surface area contributed by atoms with Crippen LogP contribution in [0.4, 0.5) is 5.69 Å². The van der Waals surface area contributed by atoms with Crippen molar-refractivity contribution < 1.29 is 0 Å². The van der Waals surface area contributed by atoms with Crippen LogP contribution in [0.2, 0.25) is 5.02 Å². The monoisotopic (exact) mass is 356 g/mol. The summed E-state index contributed by atoms with van der Waals surface area (Å²) in [6.45, 7) is 0. The predicted octanol–water partition coefficient (Wildman–Crippen LogP) is 6.49. The first kappa shape index (κ1) is 17.5. The van der Waals surface area contributed by atoms with E-state index in [1.807, 2.05) is 91.0 Å². The molecule has 0 saturated heterocycles. The summed E-state index contributed by atoms with van der Waals surface area (Å²) in [5, 5.41) is 13.2. The molecule has 3 rings (SSSR count). The third kappa shape index (κ3) is 4.63. The van der Waals surface area contributed by atoms with Gasteiger partial charge in [-0.3, -0.25) is 0 Å². The second-order valence-corrected chi connectivity index (χ2v) is 6.09. The van der Waals surface area contributed by atoms with E-state index in [0.717, 1.165) is 28.1 Å². The zero-order valence-electron chi connectivity index (χ0n) is 14.1. The molecule has 3 heteroatoms. The lowest BCUT2D eigenvalue weighted by Gasteiger charge is -2.13. The van der Waals surface area contributed by atoms with Crippen molar-refractivity contribution in [1.29, 1.82) is 5.26 Å². The molecule has 0 aromatic heterocycles. The molecular formula is C23H17ClN2. The van der Waals surface area contributed by atoms with Crippen LogP contribution >= 0.6 is 11.6 Å². The largest absolute Gasteiger partial charge is 0.354 e. The van der Waals surface area contributed by atoms with Crippen LogP contribution in [-0.4, -0.2) is 0 Å². The van der Waals surface area contributed by atoms with Crippen LogP contribution in [-0.2, 0) is 0 Å². The lowest BCUT2D eigenvalue weighted by Crippen LogP contribution is -2.00. The van der Waals surface area contributed by atoms with Gasteiger partial charge in [0.2, 0.25) is 0 Å². The van der Waals surface area contributed by atoms with Gasteiger partial charge in [0, 0.05) is 16.8 Å². The SMILES string of the molecule is N#C/C=C(\Nc1ccc(Cl)cc1/C=C/c1ccccc1)c1ccccc1. The van der Waals surface area contributed by atoms with Gasteiger partial charge in [-0.25, -0.2) is 0 Å². The molecule has 0 aliphatic rings. The fourth-order valence-electron chi connectivity index (χ4n) is 2.55. The number of nitrogens with one attached hydrogen (secondary N) is 1. The molecule has 0 aliphatic carbocycles. The number of halogens is 1. The standard InChI is InChI=1S/C23H17ClN2/c24-21-13-14-22(20(17-21)12-11-18-7-3-1-4-8-18)26-23(15-16-25)19-9-5-2-6-10-19/h1-15,17,26H/b12-11+,23-15-. The zero-order chi connectivity index (χ0) is 18.2. The Labute approximate surface area is 158 Å². The predicted molar refractivity (Wildman–Crippen MR) is 110 cm³/mol. The molecule has 0 heterocycles. The summed E-state index contributed by atoms with van der Waals surface area (Å²) >= 11 is 6.18. The van der Waals surface area contributed by atoms with Gasteiger partial charge in [-0.05, 0) is 34.9 Å². The molecule has 0 amide bonds. The lowest BCUT2D eigenvalue weighted by molar-refractivity contribution is 1.49. The maximum Gasteiger partial charge on any atom is 0.0934 e.